The Morgan fingerprint density at radius 3 is 1.82 bits per heavy atom. The van der Waals surface area contributed by atoms with Crippen molar-refractivity contribution in [1.82, 2.24) is 0 Å². The quantitative estimate of drug-likeness (QED) is 0.551. The summed E-state index contributed by atoms with van der Waals surface area (Å²) in [7, 11) is 0. The van der Waals surface area contributed by atoms with Gasteiger partial charge in [-0.05, 0) is 30.7 Å². The van der Waals surface area contributed by atoms with E-state index in [2.05, 4.69) is 6.92 Å². The van der Waals surface area contributed by atoms with Crippen LogP contribution in [0.5, 0.6) is 0 Å². The maximum atomic E-state index is 8.49. The van der Waals surface area contributed by atoms with Crippen molar-refractivity contribution in [1.29, 1.82) is 10.5 Å². The van der Waals surface area contributed by atoms with Crippen LogP contribution in [-0.2, 0) is 0 Å². The predicted molar refractivity (Wildman–Crippen MR) is 40.3 cm³/mol. The number of hydrogen-bond acceptors (Lipinski definition) is 2. The van der Waals surface area contributed by atoms with E-state index in [-0.39, 0.29) is 0 Å². The normalized spacial score (nSPS) is 8.27. The van der Waals surface area contributed by atoms with Gasteiger partial charge in [0.1, 0.15) is 0 Å². The topological polar surface area (TPSA) is 47.6 Å². The third kappa shape index (κ3) is 1.56. The fourth-order valence-electron chi connectivity index (χ4n) is 0.821. The van der Waals surface area contributed by atoms with E-state index in [1.165, 1.54) is 6.07 Å². The highest BCUT2D eigenvalue weighted by molar-refractivity contribution is 5.43. The first kappa shape index (κ1) is 7.31. The van der Waals surface area contributed by atoms with Gasteiger partial charge in [-0.3, -0.25) is 0 Å². The van der Waals surface area contributed by atoms with Crippen LogP contribution in [0, 0.1) is 29.6 Å². The van der Waals surface area contributed by atoms with Crippen molar-refractivity contribution in [3.05, 3.63) is 41.8 Å². The molecule has 0 aliphatic carbocycles. The van der Waals surface area contributed by atoms with E-state index in [0.717, 1.165) is 0 Å². The van der Waals surface area contributed by atoms with Crippen LogP contribution in [0.2, 0.25) is 0 Å². The molecule has 0 aromatic heterocycles. The van der Waals surface area contributed by atoms with E-state index in [0.29, 0.717) is 16.7 Å². The standard InChI is InChI=1S/C9H5N2/c1-7-2-8(5-10)4-9(3-7)6-11/h2-4H,1H2. The molecule has 11 heavy (non-hydrogen) atoms. The second-order valence-corrected chi connectivity index (χ2v) is 2.14. The van der Waals surface area contributed by atoms with Crippen LogP contribution in [-0.4, -0.2) is 0 Å². The Morgan fingerprint density at radius 1 is 1.00 bits per heavy atom. The number of nitriles is 2. The second kappa shape index (κ2) is 2.86. The summed E-state index contributed by atoms with van der Waals surface area (Å²) < 4.78 is 0. The minimum Gasteiger partial charge on any atom is -0.192 e. The Morgan fingerprint density at radius 2 is 1.45 bits per heavy atom. The molecule has 0 unspecified atom stereocenters. The first-order valence-corrected chi connectivity index (χ1v) is 3.03. The van der Waals surface area contributed by atoms with Gasteiger partial charge in [0.25, 0.3) is 0 Å². The predicted octanol–water partition coefficient (Wildman–Crippen LogP) is 1.61. The Labute approximate surface area is 65.3 Å². The lowest BCUT2D eigenvalue weighted by Crippen LogP contribution is -1.81. The molecule has 0 bridgehead atoms. The highest BCUT2D eigenvalue weighted by atomic mass is 14.3. The zero-order valence-electron chi connectivity index (χ0n) is 5.83. The van der Waals surface area contributed by atoms with Crippen LogP contribution in [0.3, 0.4) is 0 Å². The van der Waals surface area contributed by atoms with Crippen molar-refractivity contribution in [2.24, 2.45) is 0 Å². The van der Waals surface area contributed by atoms with Gasteiger partial charge >= 0.3 is 0 Å². The minimum atomic E-state index is 0.481. The molecule has 0 fully saturated rings. The SMILES string of the molecule is [CH2]c1cc(C#N)cc(C#N)c1. The summed E-state index contributed by atoms with van der Waals surface area (Å²) in [5.74, 6) is 0. The molecular formula is C9H5N2. The molecule has 0 saturated carbocycles. The average Bonchev–Trinajstić information content (AvgIpc) is 2.03. The van der Waals surface area contributed by atoms with Gasteiger partial charge in [0.15, 0.2) is 0 Å². The Balaban J connectivity index is 3.28. The van der Waals surface area contributed by atoms with E-state index >= 15 is 0 Å². The summed E-state index contributed by atoms with van der Waals surface area (Å²) in [6.07, 6.45) is 0. The molecule has 0 spiro atoms. The zero-order chi connectivity index (χ0) is 8.27. The van der Waals surface area contributed by atoms with Crippen molar-refractivity contribution >= 4 is 0 Å². The zero-order valence-corrected chi connectivity index (χ0v) is 5.83. The lowest BCUT2D eigenvalue weighted by molar-refractivity contribution is 1.43. The molecule has 0 aliphatic heterocycles. The first-order valence-electron chi connectivity index (χ1n) is 3.03. The van der Waals surface area contributed by atoms with Gasteiger partial charge < -0.3 is 0 Å². The average molecular weight is 141 g/mol. The lowest BCUT2D eigenvalue weighted by atomic mass is 10.1. The van der Waals surface area contributed by atoms with Gasteiger partial charge in [0.2, 0.25) is 0 Å². The van der Waals surface area contributed by atoms with Crippen LogP contribution < -0.4 is 0 Å². The van der Waals surface area contributed by atoms with Gasteiger partial charge in [-0.2, -0.15) is 10.5 Å². The Bertz CT molecular complexity index is 321. The summed E-state index contributed by atoms with van der Waals surface area (Å²) in [5, 5.41) is 17.0. The van der Waals surface area contributed by atoms with Gasteiger partial charge in [0, 0.05) is 0 Å². The number of rotatable bonds is 0. The number of benzene rings is 1. The highest BCUT2D eigenvalue weighted by Crippen LogP contribution is 2.07. The summed E-state index contributed by atoms with van der Waals surface area (Å²) in [6.45, 7) is 3.64. The third-order valence-electron chi connectivity index (χ3n) is 1.25. The summed E-state index contributed by atoms with van der Waals surface area (Å²) >= 11 is 0. The van der Waals surface area contributed by atoms with E-state index in [1.807, 2.05) is 12.1 Å². The molecule has 0 saturated heterocycles. The van der Waals surface area contributed by atoms with E-state index in [9.17, 15) is 0 Å². The molecule has 1 aromatic rings. The summed E-state index contributed by atoms with van der Waals surface area (Å²) in [4.78, 5) is 0. The third-order valence-corrected chi connectivity index (χ3v) is 1.25. The largest absolute Gasteiger partial charge is 0.192 e. The Kier molecular flexibility index (Phi) is 1.90. The molecule has 0 amide bonds. The van der Waals surface area contributed by atoms with Crippen LogP contribution in [0.4, 0.5) is 0 Å². The minimum absolute atomic E-state index is 0.481. The van der Waals surface area contributed by atoms with E-state index < -0.39 is 0 Å². The van der Waals surface area contributed by atoms with Crippen molar-refractivity contribution in [2.75, 3.05) is 0 Å². The monoisotopic (exact) mass is 141 g/mol. The van der Waals surface area contributed by atoms with Gasteiger partial charge in [-0.25, -0.2) is 0 Å². The molecule has 0 aliphatic rings. The molecule has 1 radical (unpaired) electrons. The molecule has 2 heteroatoms. The summed E-state index contributed by atoms with van der Waals surface area (Å²) in [6, 6.07) is 8.72. The van der Waals surface area contributed by atoms with E-state index in [1.54, 1.807) is 12.1 Å². The van der Waals surface area contributed by atoms with Crippen molar-refractivity contribution in [3.63, 3.8) is 0 Å². The molecule has 0 heterocycles. The van der Waals surface area contributed by atoms with Crippen LogP contribution >= 0.6 is 0 Å². The first-order chi connectivity index (χ1) is 5.26. The molecule has 0 atom stereocenters. The lowest BCUT2D eigenvalue weighted by Gasteiger charge is -1.93. The fourth-order valence-corrected chi connectivity index (χ4v) is 0.821. The molecule has 51 valence electrons. The maximum absolute atomic E-state index is 8.49. The van der Waals surface area contributed by atoms with Crippen molar-refractivity contribution in [3.8, 4) is 12.1 Å². The smallest absolute Gasteiger partial charge is 0.0992 e. The number of hydrogen-bond donors (Lipinski definition) is 0. The Hall–Kier alpha value is -1.80. The van der Waals surface area contributed by atoms with Crippen molar-refractivity contribution < 1.29 is 0 Å². The highest BCUT2D eigenvalue weighted by Gasteiger charge is 1.95. The summed E-state index contributed by atoms with van der Waals surface area (Å²) in [5.41, 5.74) is 1.66. The van der Waals surface area contributed by atoms with Crippen LogP contribution in [0.25, 0.3) is 0 Å². The molecule has 0 N–H and O–H groups in total. The molecule has 2 nitrogen and oxygen atoms in total. The van der Waals surface area contributed by atoms with Crippen molar-refractivity contribution in [2.45, 2.75) is 0 Å². The molecule has 1 rings (SSSR count). The second-order valence-electron chi connectivity index (χ2n) is 2.14. The maximum Gasteiger partial charge on any atom is 0.0992 e. The fraction of sp³-hybridized carbons (Fsp3) is 0. The number of nitrogens with zero attached hydrogens (tertiary/aromatic N) is 2. The van der Waals surface area contributed by atoms with Gasteiger partial charge in [-0.1, -0.05) is 0 Å². The van der Waals surface area contributed by atoms with Gasteiger partial charge in [0.05, 0.1) is 23.3 Å². The van der Waals surface area contributed by atoms with Crippen LogP contribution in [0.15, 0.2) is 18.2 Å². The van der Waals surface area contributed by atoms with E-state index in [4.69, 9.17) is 10.5 Å². The molecule has 1 aromatic carbocycles. The van der Waals surface area contributed by atoms with Crippen LogP contribution in [0.1, 0.15) is 16.7 Å². The van der Waals surface area contributed by atoms with Gasteiger partial charge in [-0.15, -0.1) is 0 Å². The molecular weight excluding hydrogens is 136 g/mol.